The van der Waals surface area contributed by atoms with Crippen LogP contribution in [0.5, 0.6) is 0 Å². The average Bonchev–Trinajstić information content (AvgIpc) is 3.23. The van der Waals surface area contributed by atoms with Crippen LogP contribution in [0.1, 0.15) is 23.0 Å². The Bertz CT molecular complexity index is 1330. The molecule has 0 saturated heterocycles. The summed E-state index contributed by atoms with van der Waals surface area (Å²) in [4.78, 5) is 12.7. The zero-order valence-corrected chi connectivity index (χ0v) is 16.6. The zero-order valence-electron chi connectivity index (χ0n) is 16.6. The van der Waals surface area contributed by atoms with Crippen LogP contribution in [0.15, 0.2) is 89.7 Å². The number of nitrogens with zero attached hydrogens (tertiary/aromatic N) is 4. The molecule has 0 saturated carbocycles. The Labute approximate surface area is 173 Å². The van der Waals surface area contributed by atoms with E-state index in [2.05, 4.69) is 39.8 Å². The molecule has 30 heavy (non-hydrogen) atoms. The van der Waals surface area contributed by atoms with Crippen LogP contribution >= 0.6 is 0 Å². The van der Waals surface area contributed by atoms with Crippen LogP contribution in [0.3, 0.4) is 0 Å². The monoisotopic (exact) mass is 395 g/mol. The second-order valence-electron chi connectivity index (χ2n) is 7.27. The lowest BCUT2D eigenvalue weighted by atomic mass is 9.99. The van der Waals surface area contributed by atoms with Crippen molar-refractivity contribution in [1.29, 1.82) is 0 Å². The molecule has 0 aliphatic rings. The molecule has 0 unspecified atom stereocenters. The molecule has 2 heterocycles. The Morgan fingerprint density at radius 3 is 2.10 bits per heavy atom. The predicted octanol–water partition coefficient (Wildman–Crippen LogP) is 3.46. The molecule has 0 amide bonds. The molecular weight excluding hydrogens is 374 g/mol. The number of rotatable bonds is 5. The minimum atomic E-state index is -0.0727. The van der Waals surface area contributed by atoms with Crippen LogP contribution in [0.25, 0.3) is 16.7 Å². The Balaban J connectivity index is 1.58. The summed E-state index contributed by atoms with van der Waals surface area (Å²) in [7, 11) is 1.73. The Kier molecular flexibility index (Phi) is 4.61. The van der Waals surface area contributed by atoms with Crippen molar-refractivity contribution in [2.75, 3.05) is 0 Å². The molecule has 0 bridgehead atoms. The highest BCUT2D eigenvalue weighted by atomic mass is 16.1. The van der Waals surface area contributed by atoms with E-state index < -0.39 is 0 Å². The molecule has 5 aromatic rings. The lowest BCUT2D eigenvalue weighted by Gasteiger charge is -2.19. The van der Waals surface area contributed by atoms with Gasteiger partial charge in [0, 0.05) is 7.05 Å². The van der Waals surface area contributed by atoms with Gasteiger partial charge in [0.2, 0.25) is 5.78 Å². The van der Waals surface area contributed by atoms with Crippen LogP contribution in [0.2, 0.25) is 0 Å². The van der Waals surface area contributed by atoms with E-state index in [1.165, 1.54) is 11.1 Å². The maximum atomic E-state index is 12.7. The van der Waals surface area contributed by atoms with Crippen LogP contribution in [0.4, 0.5) is 0 Å². The van der Waals surface area contributed by atoms with E-state index in [0.717, 1.165) is 11.3 Å². The largest absolute Gasteiger partial charge is 0.299 e. The molecule has 6 nitrogen and oxygen atoms in total. The summed E-state index contributed by atoms with van der Waals surface area (Å²) in [5, 5.41) is 13.0. The van der Waals surface area contributed by atoms with Crippen molar-refractivity contribution in [2.24, 2.45) is 7.05 Å². The fourth-order valence-corrected chi connectivity index (χ4v) is 3.92. The van der Waals surface area contributed by atoms with E-state index in [1.54, 1.807) is 11.6 Å². The summed E-state index contributed by atoms with van der Waals surface area (Å²) in [6, 6.07) is 28.3. The van der Waals surface area contributed by atoms with Crippen LogP contribution < -0.4 is 10.9 Å². The lowest BCUT2D eigenvalue weighted by molar-refractivity contribution is 0.584. The minimum Gasteiger partial charge on any atom is -0.299 e. The van der Waals surface area contributed by atoms with Crippen molar-refractivity contribution in [1.82, 2.24) is 24.5 Å². The maximum Gasteiger partial charge on any atom is 0.262 e. The van der Waals surface area contributed by atoms with Gasteiger partial charge in [-0.2, -0.15) is 0 Å². The van der Waals surface area contributed by atoms with Gasteiger partial charge in [0.05, 0.1) is 23.5 Å². The third-order valence-electron chi connectivity index (χ3n) is 5.42. The van der Waals surface area contributed by atoms with E-state index in [1.807, 2.05) is 65.1 Å². The number of hydrogen-bond donors (Lipinski definition) is 1. The number of fused-ring (bicyclic) bond motifs is 3. The van der Waals surface area contributed by atoms with Crippen LogP contribution in [-0.4, -0.2) is 19.2 Å². The molecule has 6 heteroatoms. The molecule has 0 fully saturated rings. The predicted molar refractivity (Wildman–Crippen MR) is 117 cm³/mol. The molecular formula is C24H21N5O. The van der Waals surface area contributed by atoms with E-state index in [9.17, 15) is 4.79 Å². The summed E-state index contributed by atoms with van der Waals surface area (Å²) >= 11 is 0. The Morgan fingerprint density at radius 2 is 1.43 bits per heavy atom. The van der Waals surface area contributed by atoms with E-state index in [0.29, 0.717) is 17.7 Å². The number of aryl methyl sites for hydroxylation is 1. The fourth-order valence-electron chi connectivity index (χ4n) is 3.92. The first kappa shape index (κ1) is 18.3. The summed E-state index contributed by atoms with van der Waals surface area (Å²) in [6.45, 7) is 0.498. The Morgan fingerprint density at radius 1 is 0.833 bits per heavy atom. The molecule has 148 valence electrons. The molecule has 1 N–H and O–H groups in total. The molecule has 0 radical (unpaired) electrons. The van der Waals surface area contributed by atoms with Gasteiger partial charge in [0.25, 0.3) is 5.56 Å². The van der Waals surface area contributed by atoms with E-state index in [-0.39, 0.29) is 11.6 Å². The van der Waals surface area contributed by atoms with Crippen molar-refractivity contribution < 1.29 is 0 Å². The van der Waals surface area contributed by atoms with Crippen molar-refractivity contribution in [3.05, 3.63) is 112 Å². The molecule has 2 aromatic heterocycles. The topological polar surface area (TPSA) is 64.2 Å². The number of benzene rings is 3. The van der Waals surface area contributed by atoms with E-state index >= 15 is 0 Å². The molecule has 3 aromatic carbocycles. The smallest absolute Gasteiger partial charge is 0.262 e. The van der Waals surface area contributed by atoms with Crippen molar-refractivity contribution >= 4 is 16.7 Å². The first-order valence-electron chi connectivity index (χ1n) is 9.89. The highest BCUT2D eigenvalue weighted by Gasteiger charge is 2.17. The zero-order chi connectivity index (χ0) is 20.5. The summed E-state index contributed by atoms with van der Waals surface area (Å²) in [5.41, 5.74) is 3.09. The molecule has 0 atom stereocenters. The minimum absolute atomic E-state index is 0.0125. The third kappa shape index (κ3) is 3.07. The normalized spacial score (nSPS) is 11.5. The van der Waals surface area contributed by atoms with Crippen molar-refractivity contribution in [3.63, 3.8) is 0 Å². The lowest BCUT2D eigenvalue weighted by Crippen LogP contribution is -2.24. The maximum absolute atomic E-state index is 12.7. The average molecular weight is 395 g/mol. The summed E-state index contributed by atoms with van der Waals surface area (Å²) < 4.78 is 3.50. The fraction of sp³-hybridized carbons (Fsp3) is 0.125. The van der Waals surface area contributed by atoms with Crippen molar-refractivity contribution in [2.45, 2.75) is 12.6 Å². The molecule has 5 rings (SSSR count). The number of nitrogens with one attached hydrogen (secondary N) is 1. The number of hydrogen-bond acceptors (Lipinski definition) is 4. The molecule has 0 spiro atoms. The van der Waals surface area contributed by atoms with Gasteiger partial charge in [-0.05, 0) is 23.3 Å². The van der Waals surface area contributed by atoms with Gasteiger partial charge < -0.3 is 0 Å². The van der Waals surface area contributed by atoms with Gasteiger partial charge in [0.1, 0.15) is 0 Å². The third-order valence-corrected chi connectivity index (χ3v) is 5.42. The number of aromatic nitrogens is 4. The second kappa shape index (κ2) is 7.57. The van der Waals surface area contributed by atoms with Gasteiger partial charge in [-0.1, -0.05) is 72.8 Å². The number of para-hydroxylation sites is 1. The van der Waals surface area contributed by atoms with Crippen molar-refractivity contribution in [3.8, 4) is 0 Å². The molecule has 0 aliphatic carbocycles. The first-order valence-corrected chi connectivity index (χ1v) is 9.89. The van der Waals surface area contributed by atoms with Crippen LogP contribution in [-0.2, 0) is 13.6 Å². The highest BCUT2D eigenvalue weighted by molar-refractivity contribution is 5.80. The van der Waals surface area contributed by atoms with Gasteiger partial charge >= 0.3 is 0 Å². The van der Waals surface area contributed by atoms with Gasteiger partial charge in [-0.3, -0.25) is 19.1 Å². The summed E-state index contributed by atoms with van der Waals surface area (Å²) in [6.07, 6.45) is 0. The van der Waals surface area contributed by atoms with Gasteiger partial charge in [-0.25, -0.2) is 0 Å². The van der Waals surface area contributed by atoms with Gasteiger partial charge in [0.15, 0.2) is 5.82 Å². The standard InChI is InChI=1S/C24H21N5O/c1-28-23(30)19-14-8-9-15-20(19)29-21(26-27-24(28)29)16-25-22(17-10-4-2-5-11-17)18-12-6-3-7-13-18/h2-15,22,25H,16H2,1H3. The summed E-state index contributed by atoms with van der Waals surface area (Å²) in [5.74, 6) is 1.29. The SMILES string of the molecule is Cn1c(=O)c2ccccc2n2c(CNC(c3ccccc3)c3ccccc3)nnc12. The van der Waals surface area contributed by atoms with E-state index in [4.69, 9.17) is 0 Å². The van der Waals surface area contributed by atoms with Gasteiger partial charge in [-0.15, -0.1) is 10.2 Å². The first-order chi connectivity index (χ1) is 14.7. The Hall–Kier alpha value is -3.77. The molecule has 0 aliphatic heterocycles. The van der Waals surface area contributed by atoms with Crippen LogP contribution in [0, 0.1) is 0 Å². The quantitative estimate of drug-likeness (QED) is 0.495. The second-order valence-corrected chi connectivity index (χ2v) is 7.27. The highest BCUT2D eigenvalue weighted by Crippen LogP contribution is 2.22.